The normalized spacial score (nSPS) is 12.3. The molecule has 0 saturated carbocycles. The van der Waals surface area contributed by atoms with E-state index in [1.54, 1.807) is 25.2 Å². The highest BCUT2D eigenvalue weighted by molar-refractivity contribution is 7.89. The first-order valence-electron chi connectivity index (χ1n) is 10.1. The standard InChI is InChI=1S/C22H29N5O3S/c1-23-22(24-11-10-18-16-25-21-9-4-3-8-20(18)21)26-15-17-6-5-7-19(14-17)31(28,29)27-12-13-30-2/h3-9,14,16,25,27H,10-13,15H2,1-2H3,(H2,23,24,26). The predicted octanol–water partition coefficient (Wildman–Crippen LogP) is 2.00. The fourth-order valence-corrected chi connectivity index (χ4v) is 4.33. The molecular formula is C22H29N5O3S. The highest BCUT2D eigenvalue weighted by Crippen LogP contribution is 2.17. The number of sulfonamides is 1. The number of hydrogen-bond donors (Lipinski definition) is 4. The van der Waals surface area contributed by atoms with Gasteiger partial charge >= 0.3 is 0 Å². The molecule has 0 aliphatic rings. The lowest BCUT2D eigenvalue weighted by Gasteiger charge is -2.13. The Morgan fingerprint density at radius 2 is 1.94 bits per heavy atom. The van der Waals surface area contributed by atoms with Crippen LogP contribution >= 0.6 is 0 Å². The topological polar surface area (TPSA) is 108 Å². The Morgan fingerprint density at radius 1 is 1.10 bits per heavy atom. The minimum Gasteiger partial charge on any atom is -0.383 e. The zero-order valence-corrected chi connectivity index (χ0v) is 18.6. The van der Waals surface area contributed by atoms with Crippen molar-refractivity contribution in [1.82, 2.24) is 20.3 Å². The monoisotopic (exact) mass is 443 g/mol. The number of ether oxygens (including phenoxy) is 1. The number of benzene rings is 2. The van der Waals surface area contributed by atoms with Crippen molar-refractivity contribution in [3.05, 3.63) is 65.9 Å². The quantitative estimate of drug-likeness (QED) is 0.218. The van der Waals surface area contributed by atoms with Crippen molar-refractivity contribution in [3.63, 3.8) is 0 Å². The molecule has 0 atom stereocenters. The zero-order valence-electron chi connectivity index (χ0n) is 17.8. The molecular weight excluding hydrogens is 414 g/mol. The summed E-state index contributed by atoms with van der Waals surface area (Å²) in [5.41, 5.74) is 3.22. The third kappa shape index (κ3) is 6.30. The van der Waals surface area contributed by atoms with Crippen LogP contribution in [0.5, 0.6) is 0 Å². The highest BCUT2D eigenvalue weighted by Gasteiger charge is 2.13. The zero-order chi connectivity index (χ0) is 22.1. The number of aromatic nitrogens is 1. The maximum absolute atomic E-state index is 12.4. The molecule has 0 aliphatic carbocycles. The average Bonchev–Trinajstić information content (AvgIpc) is 3.19. The van der Waals surface area contributed by atoms with E-state index in [0.29, 0.717) is 19.1 Å². The number of para-hydroxylation sites is 1. The van der Waals surface area contributed by atoms with Crippen LogP contribution in [0.1, 0.15) is 11.1 Å². The SMILES string of the molecule is CN=C(NCCc1c[nH]c2ccccc12)NCc1cccc(S(=O)(=O)NCCOC)c1. The molecule has 0 radical (unpaired) electrons. The summed E-state index contributed by atoms with van der Waals surface area (Å²) >= 11 is 0. The minimum absolute atomic E-state index is 0.227. The molecule has 1 aromatic heterocycles. The molecule has 0 saturated heterocycles. The fraction of sp³-hybridized carbons (Fsp3) is 0.318. The van der Waals surface area contributed by atoms with Crippen LogP contribution in [0.4, 0.5) is 0 Å². The van der Waals surface area contributed by atoms with E-state index in [1.165, 1.54) is 18.1 Å². The van der Waals surface area contributed by atoms with E-state index in [9.17, 15) is 8.42 Å². The smallest absolute Gasteiger partial charge is 0.240 e. The van der Waals surface area contributed by atoms with Gasteiger partial charge in [0.05, 0.1) is 11.5 Å². The number of methoxy groups -OCH3 is 1. The van der Waals surface area contributed by atoms with Gasteiger partial charge in [-0.25, -0.2) is 13.1 Å². The van der Waals surface area contributed by atoms with Gasteiger partial charge in [-0.2, -0.15) is 0 Å². The number of H-pyrrole nitrogens is 1. The van der Waals surface area contributed by atoms with Crippen molar-refractivity contribution in [2.24, 2.45) is 4.99 Å². The molecule has 0 bridgehead atoms. The average molecular weight is 444 g/mol. The summed E-state index contributed by atoms with van der Waals surface area (Å²) in [5.74, 6) is 0.659. The Balaban J connectivity index is 1.52. The van der Waals surface area contributed by atoms with Crippen LogP contribution in [0.2, 0.25) is 0 Å². The Bertz CT molecular complexity index is 1120. The van der Waals surface area contributed by atoms with E-state index in [4.69, 9.17) is 4.74 Å². The lowest BCUT2D eigenvalue weighted by atomic mass is 10.1. The second kappa shape index (κ2) is 10.9. The Labute approximate surface area is 183 Å². The predicted molar refractivity (Wildman–Crippen MR) is 124 cm³/mol. The van der Waals surface area contributed by atoms with E-state index in [1.807, 2.05) is 24.4 Å². The lowest BCUT2D eigenvalue weighted by Crippen LogP contribution is -2.37. The van der Waals surface area contributed by atoms with Crippen molar-refractivity contribution in [2.75, 3.05) is 33.9 Å². The molecule has 4 N–H and O–H groups in total. The first-order chi connectivity index (χ1) is 15.0. The number of fused-ring (bicyclic) bond motifs is 1. The van der Waals surface area contributed by atoms with Crippen LogP contribution in [0.15, 0.2) is 64.6 Å². The van der Waals surface area contributed by atoms with Crippen LogP contribution in [0.25, 0.3) is 10.9 Å². The summed E-state index contributed by atoms with van der Waals surface area (Å²) < 4.78 is 32.2. The van der Waals surface area contributed by atoms with Crippen LogP contribution < -0.4 is 15.4 Å². The molecule has 166 valence electrons. The van der Waals surface area contributed by atoms with Gasteiger partial charge in [-0.05, 0) is 35.7 Å². The molecule has 0 aliphatic heterocycles. The van der Waals surface area contributed by atoms with Crippen LogP contribution in [0, 0.1) is 0 Å². The molecule has 1 heterocycles. The van der Waals surface area contributed by atoms with Gasteiger partial charge in [-0.15, -0.1) is 0 Å². The second-order valence-corrected chi connectivity index (χ2v) is 8.77. The molecule has 3 aromatic rings. The summed E-state index contributed by atoms with van der Waals surface area (Å²) in [6, 6.07) is 15.1. The fourth-order valence-electron chi connectivity index (χ4n) is 3.24. The lowest BCUT2D eigenvalue weighted by molar-refractivity contribution is 0.204. The van der Waals surface area contributed by atoms with Gasteiger partial charge in [-0.1, -0.05) is 30.3 Å². The summed E-state index contributed by atoms with van der Waals surface area (Å²) in [4.78, 5) is 7.76. The summed E-state index contributed by atoms with van der Waals surface area (Å²) in [6.07, 6.45) is 2.89. The highest BCUT2D eigenvalue weighted by atomic mass is 32.2. The molecule has 0 spiro atoms. The Hall–Kier alpha value is -2.88. The first-order valence-corrected chi connectivity index (χ1v) is 11.6. The maximum atomic E-state index is 12.4. The van der Waals surface area contributed by atoms with E-state index in [0.717, 1.165) is 24.0 Å². The van der Waals surface area contributed by atoms with E-state index in [-0.39, 0.29) is 11.4 Å². The van der Waals surface area contributed by atoms with Crippen LogP contribution in [-0.4, -0.2) is 53.2 Å². The van der Waals surface area contributed by atoms with E-state index >= 15 is 0 Å². The second-order valence-electron chi connectivity index (χ2n) is 7.00. The largest absolute Gasteiger partial charge is 0.383 e. The molecule has 0 unspecified atom stereocenters. The number of rotatable bonds is 10. The molecule has 31 heavy (non-hydrogen) atoms. The van der Waals surface area contributed by atoms with Gasteiger partial charge in [0.2, 0.25) is 10.0 Å². The van der Waals surface area contributed by atoms with E-state index < -0.39 is 10.0 Å². The van der Waals surface area contributed by atoms with Gasteiger partial charge in [0.15, 0.2) is 5.96 Å². The van der Waals surface area contributed by atoms with Gasteiger partial charge < -0.3 is 20.4 Å². The van der Waals surface area contributed by atoms with Crippen LogP contribution in [0.3, 0.4) is 0 Å². The third-order valence-corrected chi connectivity index (χ3v) is 6.31. The number of aromatic amines is 1. The third-order valence-electron chi connectivity index (χ3n) is 4.85. The molecule has 0 amide bonds. The van der Waals surface area contributed by atoms with Crippen molar-refractivity contribution in [1.29, 1.82) is 0 Å². The number of nitrogens with one attached hydrogen (secondary N) is 4. The van der Waals surface area contributed by atoms with Gasteiger partial charge in [0.1, 0.15) is 0 Å². The van der Waals surface area contributed by atoms with Crippen molar-refractivity contribution >= 4 is 26.9 Å². The molecule has 8 nitrogen and oxygen atoms in total. The Morgan fingerprint density at radius 3 is 2.74 bits per heavy atom. The van der Waals surface area contributed by atoms with Gasteiger partial charge in [-0.3, -0.25) is 4.99 Å². The van der Waals surface area contributed by atoms with Crippen molar-refractivity contribution in [3.8, 4) is 0 Å². The summed E-state index contributed by atoms with van der Waals surface area (Å²) in [5, 5.41) is 7.76. The van der Waals surface area contributed by atoms with Gasteiger partial charge in [0, 0.05) is 50.9 Å². The number of hydrogen-bond acceptors (Lipinski definition) is 4. The van der Waals surface area contributed by atoms with Gasteiger partial charge in [0.25, 0.3) is 0 Å². The summed E-state index contributed by atoms with van der Waals surface area (Å²) in [7, 11) is -0.323. The van der Waals surface area contributed by atoms with E-state index in [2.05, 4.69) is 37.5 Å². The first kappa shape index (κ1) is 22.8. The summed E-state index contributed by atoms with van der Waals surface area (Å²) in [6.45, 7) is 1.73. The Kier molecular flexibility index (Phi) is 8.05. The number of guanidine groups is 1. The molecule has 2 aromatic carbocycles. The molecule has 0 fully saturated rings. The molecule has 9 heteroatoms. The number of aliphatic imine (C=N–C) groups is 1. The van der Waals surface area contributed by atoms with Crippen molar-refractivity contribution in [2.45, 2.75) is 17.9 Å². The van der Waals surface area contributed by atoms with Crippen molar-refractivity contribution < 1.29 is 13.2 Å². The minimum atomic E-state index is -3.56. The molecule has 3 rings (SSSR count). The number of nitrogens with zero attached hydrogens (tertiary/aromatic N) is 1. The maximum Gasteiger partial charge on any atom is 0.240 e. The van der Waals surface area contributed by atoms with Crippen LogP contribution in [-0.2, 0) is 27.7 Å².